The smallest absolute Gasteiger partial charge is 0.330 e. The van der Waals surface area contributed by atoms with E-state index in [4.69, 9.17) is 9.16 Å². The van der Waals surface area contributed by atoms with E-state index >= 15 is 0 Å². The van der Waals surface area contributed by atoms with E-state index in [1.165, 1.54) is 6.08 Å². The molecule has 0 aliphatic carbocycles. The Morgan fingerprint density at radius 3 is 2.00 bits per heavy atom. The van der Waals surface area contributed by atoms with Crippen LogP contribution in [0.15, 0.2) is 73.3 Å². The fourth-order valence-corrected chi connectivity index (χ4v) is 2.94. The molecule has 0 N–H and O–H groups in total. The van der Waals surface area contributed by atoms with Crippen LogP contribution in [-0.2, 0) is 19.4 Å². The molecule has 23 heavy (non-hydrogen) atoms. The Labute approximate surface area is 140 Å². The SMILES string of the molecule is C=CC(=O)OCC(CCO[SiH3])(c1ccccc1)c1ccccc1. The van der Waals surface area contributed by atoms with E-state index in [-0.39, 0.29) is 6.61 Å². The Kier molecular flexibility index (Phi) is 6.32. The van der Waals surface area contributed by atoms with Crippen molar-refractivity contribution < 1.29 is 14.0 Å². The van der Waals surface area contributed by atoms with Gasteiger partial charge < -0.3 is 9.16 Å². The number of ether oxygens (including phenoxy) is 1. The Morgan fingerprint density at radius 2 is 1.57 bits per heavy atom. The normalized spacial score (nSPS) is 11.1. The lowest BCUT2D eigenvalue weighted by Gasteiger charge is -2.34. The second-order valence-electron chi connectivity index (χ2n) is 5.37. The molecule has 2 rings (SSSR count). The van der Waals surface area contributed by atoms with Crippen LogP contribution in [0.25, 0.3) is 0 Å². The van der Waals surface area contributed by atoms with E-state index in [2.05, 4.69) is 30.8 Å². The number of esters is 1. The molecule has 0 radical (unpaired) electrons. The molecule has 0 heterocycles. The number of rotatable bonds is 8. The van der Waals surface area contributed by atoms with Crippen molar-refractivity contribution in [3.8, 4) is 0 Å². The molecule has 0 aliphatic rings. The molecule has 0 saturated carbocycles. The van der Waals surface area contributed by atoms with Gasteiger partial charge in [0.15, 0.2) is 0 Å². The Morgan fingerprint density at radius 1 is 1.04 bits per heavy atom. The fraction of sp³-hybridized carbons (Fsp3) is 0.211. The predicted octanol–water partition coefficient (Wildman–Crippen LogP) is 2.39. The number of carbonyl (C=O) groups excluding carboxylic acids is 1. The summed E-state index contributed by atoms with van der Waals surface area (Å²) in [6.07, 6.45) is 1.94. The number of hydrogen-bond acceptors (Lipinski definition) is 3. The third kappa shape index (κ3) is 4.18. The first-order valence-electron chi connectivity index (χ1n) is 7.62. The van der Waals surface area contributed by atoms with Gasteiger partial charge in [-0.25, -0.2) is 4.79 Å². The van der Waals surface area contributed by atoms with Gasteiger partial charge >= 0.3 is 5.97 Å². The summed E-state index contributed by atoms with van der Waals surface area (Å²) in [5, 5.41) is 0. The average molecular weight is 326 g/mol. The summed E-state index contributed by atoms with van der Waals surface area (Å²) < 4.78 is 10.9. The molecule has 0 amide bonds. The molecule has 0 unspecified atom stereocenters. The third-order valence-corrected chi connectivity index (χ3v) is 4.42. The van der Waals surface area contributed by atoms with E-state index < -0.39 is 11.4 Å². The molecule has 0 aromatic heterocycles. The molecule has 0 aliphatic heterocycles. The quantitative estimate of drug-likeness (QED) is 0.424. The van der Waals surface area contributed by atoms with Gasteiger partial charge in [0.1, 0.15) is 17.1 Å². The number of hydrogen-bond donors (Lipinski definition) is 0. The largest absolute Gasteiger partial charge is 0.461 e. The van der Waals surface area contributed by atoms with Gasteiger partial charge in [-0.05, 0) is 17.5 Å². The minimum absolute atomic E-state index is 0.261. The van der Waals surface area contributed by atoms with Crippen LogP contribution >= 0.6 is 0 Å². The summed E-state index contributed by atoms with van der Waals surface area (Å²) in [4.78, 5) is 11.6. The van der Waals surface area contributed by atoms with E-state index in [9.17, 15) is 4.79 Å². The lowest BCUT2D eigenvalue weighted by Crippen LogP contribution is -2.35. The first-order valence-corrected chi connectivity index (χ1v) is 8.44. The molecule has 2 aromatic carbocycles. The van der Waals surface area contributed by atoms with E-state index in [0.717, 1.165) is 17.5 Å². The summed E-state index contributed by atoms with van der Waals surface area (Å²) in [5.74, 6) is -0.409. The maximum atomic E-state index is 11.6. The first-order chi connectivity index (χ1) is 11.2. The van der Waals surface area contributed by atoms with Crippen molar-refractivity contribution in [3.05, 3.63) is 84.4 Å². The predicted molar refractivity (Wildman–Crippen MR) is 95.3 cm³/mol. The highest BCUT2D eigenvalue weighted by Gasteiger charge is 2.35. The summed E-state index contributed by atoms with van der Waals surface area (Å²) in [7, 11) is 0.685. The highest BCUT2D eigenvalue weighted by atomic mass is 28.2. The topological polar surface area (TPSA) is 35.5 Å². The van der Waals surface area contributed by atoms with Crippen LogP contribution in [0.5, 0.6) is 0 Å². The minimum atomic E-state index is -0.425. The van der Waals surface area contributed by atoms with Gasteiger partial charge in [0, 0.05) is 12.7 Å². The lowest BCUT2D eigenvalue weighted by atomic mass is 9.73. The van der Waals surface area contributed by atoms with Crippen molar-refractivity contribution in [1.29, 1.82) is 0 Å². The maximum Gasteiger partial charge on any atom is 0.330 e. The zero-order chi connectivity index (χ0) is 16.5. The Hall–Kier alpha value is -2.17. The van der Waals surface area contributed by atoms with Crippen LogP contribution in [-0.4, -0.2) is 29.7 Å². The van der Waals surface area contributed by atoms with Crippen LogP contribution in [0.2, 0.25) is 0 Å². The molecule has 2 aromatic rings. The van der Waals surface area contributed by atoms with E-state index in [1.54, 1.807) is 0 Å². The molecular formula is C19H22O3Si. The van der Waals surface area contributed by atoms with Gasteiger partial charge in [0.2, 0.25) is 0 Å². The lowest BCUT2D eigenvalue weighted by molar-refractivity contribution is -0.139. The summed E-state index contributed by atoms with van der Waals surface area (Å²) >= 11 is 0. The van der Waals surface area contributed by atoms with Gasteiger partial charge in [-0.3, -0.25) is 0 Å². The van der Waals surface area contributed by atoms with Crippen molar-refractivity contribution in [2.24, 2.45) is 0 Å². The van der Waals surface area contributed by atoms with E-state index in [0.29, 0.717) is 17.1 Å². The van der Waals surface area contributed by atoms with Crippen molar-refractivity contribution in [3.63, 3.8) is 0 Å². The molecule has 3 nitrogen and oxygen atoms in total. The molecule has 0 atom stereocenters. The summed E-state index contributed by atoms with van der Waals surface area (Å²) in [6, 6.07) is 20.3. The molecule has 120 valence electrons. The Balaban J connectivity index is 2.48. The maximum absolute atomic E-state index is 11.6. The van der Waals surface area contributed by atoms with Crippen molar-refractivity contribution in [1.82, 2.24) is 0 Å². The molecular weight excluding hydrogens is 304 g/mol. The van der Waals surface area contributed by atoms with Gasteiger partial charge in [0.25, 0.3) is 0 Å². The fourth-order valence-electron chi connectivity index (χ4n) is 2.74. The zero-order valence-electron chi connectivity index (χ0n) is 13.4. The van der Waals surface area contributed by atoms with Gasteiger partial charge in [-0.15, -0.1) is 0 Å². The number of carbonyl (C=O) groups is 1. The van der Waals surface area contributed by atoms with Crippen molar-refractivity contribution in [2.45, 2.75) is 11.8 Å². The summed E-state index contributed by atoms with van der Waals surface area (Å²) in [5.41, 5.74) is 1.80. The second-order valence-corrected chi connectivity index (χ2v) is 5.95. The first kappa shape index (κ1) is 17.2. The second kappa shape index (κ2) is 8.46. The van der Waals surface area contributed by atoms with Crippen LogP contribution in [0.4, 0.5) is 0 Å². The third-order valence-electron chi connectivity index (χ3n) is 4.01. The van der Waals surface area contributed by atoms with Crippen LogP contribution in [0, 0.1) is 0 Å². The standard InChI is InChI=1S/C19H22O3Si/c1-2-18(20)21-15-19(13-14-22-23,16-9-5-3-6-10-16)17-11-7-4-8-12-17/h2-12H,1,13-15H2,23H3. The number of benzene rings is 2. The molecule has 4 heteroatoms. The minimum Gasteiger partial charge on any atom is -0.461 e. The molecule has 0 bridgehead atoms. The molecule has 0 fully saturated rings. The highest BCUT2D eigenvalue weighted by Crippen LogP contribution is 2.36. The van der Waals surface area contributed by atoms with Gasteiger partial charge in [0.05, 0.1) is 5.41 Å². The van der Waals surface area contributed by atoms with Crippen LogP contribution in [0.1, 0.15) is 17.5 Å². The molecule has 0 spiro atoms. The Bertz CT molecular complexity index is 586. The average Bonchev–Trinajstić information content (AvgIpc) is 2.63. The monoisotopic (exact) mass is 326 g/mol. The van der Waals surface area contributed by atoms with Crippen molar-refractivity contribution in [2.75, 3.05) is 13.2 Å². The van der Waals surface area contributed by atoms with Gasteiger partial charge in [-0.2, -0.15) is 0 Å². The molecule has 0 saturated heterocycles. The highest BCUT2D eigenvalue weighted by molar-refractivity contribution is 5.97. The van der Waals surface area contributed by atoms with E-state index in [1.807, 2.05) is 36.4 Å². The van der Waals surface area contributed by atoms with Crippen molar-refractivity contribution >= 4 is 16.5 Å². The van der Waals surface area contributed by atoms with Crippen LogP contribution in [0.3, 0.4) is 0 Å². The van der Waals surface area contributed by atoms with Crippen LogP contribution < -0.4 is 0 Å². The summed E-state index contributed by atoms with van der Waals surface area (Å²) in [6.45, 7) is 4.36. The van der Waals surface area contributed by atoms with Gasteiger partial charge in [-0.1, -0.05) is 67.2 Å². The zero-order valence-corrected chi connectivity index (χ0v) is 15.4.